The summed E-state index contributed by atoms with van der Waals surface area (Å²) in [6.45, 7) is 5.90. The summed E-state index contributed by atoms with van der Waals surface area (Å²) in [5, 5.41) is 0. The van der Waals surface area contributed by atoms with E-state index in [1.807, 2.05) is 0 Å². The average Bonchev–Trinajstić information content (AvgIpc) is 2.81. The van der Waals surface area contributed by atoms with Crippen molar-refractivity contribution in [1.29, 1.82) is 0 Å². The van der Waals surface area contributed by atoms with E-state index in [-0.39, 0.29) is 11.6 Å². The predicted molar refractivity (Wildman–Crippen MR) is 71.4 cm³/mol. The van der Waals surface area contributed by atoms with Crippen molar-refractivity contribution >= 4 is 5.69 Å². The van der Waals surface area contributed by atoms with Gasteiger partial charge in [0.15, 0.2) is 0 Å². The minimum absolute atomic E-state index is 0.110. The van der Waals surface area contributed by atoms with E-state index in [0.29, 0.717) is 6.54 Å². The third-order valence-corrected chi connectivity index (χ3v) is 4.15. The Morgan fingerprint density at radius 1 is 1.47 bits per heavy atom. The highest BCUT2D eigenvalue weighted by Crippen LogP contribution is 2.35. The quantitative estimate of drug-likeness (QED) is 0.863. The number of anilines is 1. The largest absolute Gasteiger partial charge is 0.379 e. The molecule has 0 amide bonds. The van der Waals surface area contributed by atoms with Gasteiger partial charge < -0.3 is 15.4 Å². The van der Waals surface area contributed by atoms with E-state index in [4.69, 9.17) is 10.5 Å². The average molecular weight is 234 g/mol. The maximum absolute atomic E-state index is 6.00. The SMILES string of the molecule is COC(C)C(C)(CN)N1CCc2ccccc21. The smallest absolute Gasteiger partial charge is 0.0784 e. The molecule has 0 aromatic heterocycles. The van der Waals surface area contributed by atoms with Crippen molar-refractivity contribution in [2.75, 3.05) is 25.1 Å². The molecule has 3 heteroatoms. The second-order valence-electron chi connectivity index (χ2n) is 4.97. The van der Waals surface area contributed by atoms with Gasteiger partial charge in [0.25, 0.3) is 0 Å². The summed E-state index contributed by atoms with van der Waals surface area (Å²) in [6, 6.07) is 8.57. The van der Waals surface area contributed by atoms with Crippen molar-refractivity contribution < 1.29 is 4.74 Å². The fourth-order valence-electron chi connectivity index (χ4n) is 2.62. The van der Waals surface area contributed by atoms with Gasteiger partial charge in [0.2, 0.25) is 0 Å². The minimum Gasteiger partial charge on any atom is -0.379 e. The molecule has 1 aliphatic heterocycles. The van der Waals surface area contributed by atoms with Gasteiger partial charge in [-0.2, -0.15) is 0 Å². The minimum atomic E-state index is -0.138. The van der Waals surface area contributed by atoms with Crippen molar-refractivity contribution in [2.45, 2.75) is 31.9 Å². The van der Waals surface area contributed by atoms with Crippen molar-refractivity contribution in [3.63, 3.8) is 0 Å². The molecule has 17 heavy (non-hydrogen) atoms. The summed E-state index contributed by atoms with van der Waals surface area (Å²) in [5.74, 6) is 0. The fraction of sp³-hybridized carbons (Fsp3) is 0.571. The van der Waals surface area contributed by atoms with Crippen LogP contribution >= 0.6 is 0 Å². The Labute approximate surface area is 104 Å². The molecule has 0 bridgehead atoms. The molecule has 0 fully saturated rings. The lowest BCUT2D eigenvalue weighted by molar-refractivity contribution is 0.0566. The van der Waals surface area contributed by atoms with Gasteiger partial charge in [0.05, 0.1) is 11.6 Å². The zero-order valence-electron chi connectivity index (χ0n) is 10.9. The highest BCUT2D eigenvalue weighted by atomic mass is 16.5. The number of fused-ring (bicyclic) bond motifs is 1. The summed E-state index contributed by atoms with van der Waals surface area (Å²) in [4.78, 5) is 2.40. The molecule has 1 aromatic rings. The second kappa shape index (κ2) is 4.67. The predicted octanol–water partition coefficient (Wildman–Crippen LogP) is 1.80. The van der Waals surface area contributed by atoms with Crippen molar-refractivity contribution in [3.8, 4) is 0 Å². The zero-order valence-corrected chi connectivity index (χ0v) is 10.9. The molecule has 0 aliphatic carbocycles. The molecule has 2 N–H and O–H groups in total. The van der Waals surface area contributed by atoms with Gasteiger partial charge in [-0.1, -0.05) is 18.2 Å². The lowest BCUT2D eigenvalue weighted by Crippen LogP contribution is -2.58. The van der Waals surface area contributed by atoms with Gasteiger partial charge in [-0.15, -0.1) is 0 Å². The van der Waals surface area contributed by atoms with Gasteiger partial charge >= 0.3 is 0 Å². The number of hydrogen-bond donors (Lipinski definition) is 1. The molecule has 94 valence electrons. The Balaban J connectivity index is 2.35. The number of para-hydroxylation sites is 1. The molecule has 0 saturated carbocycles. The second-order valence-corrected chi connectivity index (χ2v) is 4.97. The van der Waals surface area contributed by atoms with Crippen LogP contribution in [0.2, 0.25) is 0 Å². The molecule has 3 nitrogen and oxygen atoms in total. The first-order valence-corrected chi connectivity index (χ1v) is 6.22. The van der Waals surface area contributed by atoms with Crippen LogP contribution < -0.4 is 10.6 Å². The maximum Gasteiger partial charge on any atom is 0.0784 e. The summed E-state index contributed by atoms with van der Waals surface area (Å²) in [6.07, 6.45) is 1.21. The molecule has 2 unspecified atom stereocenters. The van der Waals surface area contributed by atoms with E-state index >= 15 is 0 Å². The molecule has 1 aliphatic rings. The van der Waals surface area contributed by atoms with Gasteiger partial charge in [-0.05, 0) is 31.9 Å². The number of methoxy groups -OCH3 is 1. The van der Waals surface area contributed by atoms with Crippen LogP contribution in [0.3, 0.4) is 0 Å². The van der Waals surface area contributed by atoms with Crippen molar-refractivity contribution in [3.05, 3.63) is 29.8 Å². The maximum atomic E-state index is 6.00. The lowest BCUT2D eigenvalue weighted by atomic mass is 9.93. The van der Waals surface area contributed by atoms with Gasteiger partial charge in [-0.3, -0.25) is 0 Å². The molecule has 2 atom stereocenters. The number of ether oxygens (including phenoxy) is 1. The molecular formula is C14H22N2O. The molecule has 2 rings (SSSR count). The molecule has 0 saturated heterocycles. The molecule has 0 radical (unpaired) electrons. The van der Waals surface area contributed by atoms with E-state index in [2.05, 4.69) is 43.0 Å². The van der Waals surface area contributed by atoms with Gasteiger partial charge in [-0.25, -0.2) is 0 Å². The van der Waals surface area contributed by atoms with Crippen LogP contribution in [0.5, 0.6) is 0 Å². The van der Waals surface area contributed by atoms with Gasteiger partial charge in [0, 0.05) is 25.9 Å². The Kier molecular flexibility index (Phi) is 3.40. The Morgan fingerprint density at radius 2 is 2.18 bits per heavy atom. The van der Waals surface area contributed by atoms with E-state index in [0.717, 1.165) is 13.0 Å². The van der Waals surface area contributed by atoms with Crippen molar-refractivity contribution in [1.82, 2.24) is 0 Å². The summed E-state index contributed by atoms with van der Waals surface area (Å²) in [5.41, 5.74) is 8.58. The molecule has 1 heterocycles. The van der Waals surface area contributed by atoms with Crippen LogP contribution in [0.15, 0.2) is 24.3 Å². The number of hydrogen-bond acceptors (Lipinski definition) is 3. The first kappa shape index (κ1) is 12.4. The van der Waals surface area contributed by atoms with Crippen LogP contribution in [0.25, 0.3) is 0 Å². The van der Waals surface area contributed by atoms with Crippen LogP contribution in [-0.2, 0) is 11.2 Å². The zero-order chi connectivity index (χ0) is 12.5. The van der Waals surface area contributed by atoms with Gasteiger partial charge in [0.1, 0.15) is 0 Å². The fourth-order valence-corrected chi connectivity index (χ4v) is 2.62. The van der Waals surface area contributed by atoms with Crippen LogP contribution in [0.4, 0.5) is 5.69 Å². The molecule has 0 spiro atoms. The molecule has 1 aromatic carbocycles. The monoisotopic (exact) mass is 234 g/mol. The summed E-state index contributed by atoms with van der Waals surface area (Å²) < 4.78 is 5.51. The lowest BCUT2D eigenvalue weighted by Gasteiger charge is -2.43. The van der Waals surface area contributed by atoms with E-state index in [1.165, 1.54) is 11.3 Å². The Bertz CT molecular complexity index is 394. The molecular weight excluding hydrogens is 212 g/mol. The third kappa shape index (κ3) is 1.94. The topological polar surface area (TPSA) is 38.5 Å². The van der Waals surface area contributed by atoms with Crippen LogP contribution in [0, 0.1) is 0 Å². The standard InChI is InChI=1S/C14H22N2O/c1-11(17-3)14(2,10-15)16-9-8-12-6-4-5-7-13(12)16/h4-7,11H,8-10,15H2,1-3H3. The highest BCUT2D eigenvalue weighted by molar-refractivity contribution is 5.60. The highest BCUT2D eigenvalue weighted by Gasteiger charge is 2.39. The number of rotatable bonds is 4. The summed E-state index contributed by atoms with van der Waals surface area (Å²) >= 11 is 0. The summed E-state index contributed by atoms with van der Waals surface area (Å²) in [7, 11) is 1.75. The van der Waals surface area contributed by atoms with E-state index in [1.54, 1.807) is 7.11 Å². The first-order valence-electron chi connectivity index (χ1n) is 6.22. The van der Waals surface area contributed by atoms with Crippen LogP contribution in [0.1, 0.15) is 19.4 Å². The number of nitrogens with two attached hydrogens (primary N) is 1. The number of benzene rings is 1. The van der Waals surface area contributed by atoms with Crippen LogP contribution in [-0.4, -0.2) is 31.8 Å². The van der Waals surface area contributed by atoms with Crippen molar-refractivity contribution in [2.24, 2.45) is 5.73 Å². The van der Waals surface area contributed by atoms with E-state index < -0.39 is 0 Å². The Hall–Kier alpha value is -1.06. The van der Waals surface area contributed by atoms with E-state index in [9.17, 15) is 0 Å². The Morgan fingerprint density at radius 3 is 2.82 bits per heavy atom. The normalized spacial score (nSPS) is 19.9. The third-order valence-electron chi connectivity index (χ3n) is 4.15. The first-order chi connectivity index (χ1) is 8.13. The number of nitrogens with zero attached hydrogens (tertiary/aromatic N) is 1.